The van der Waals surface area contributed by atoms with Crippen molar-refractivity contribution in [2.24, 2.45) is 0 Å². The summed E-state index contributed by atoms with van der Waals surface area (Å²) in [5.41, 5.74) is 9.89. The number of anilines is 2. The van der Waals surface area contributed by atoms with Gasteiger partial charge in [0.25, 0.3) is 0 Å². The van der Waals surface area contributed by atoms with Crippen LogP contribution >= 0.6 is 0 Å². The minimum atomic E-state index is 0.241. The molecule has 1 unspecified atom stereocenters. The molecule has 1 atom stereocenters. The monoisotopic (exact) mass is 502 g/mol. The fourth-order valence-corrected chi connectivity index (χ4v) is 5.91. The van der Waals surface area contributed by atoms with Crippen molar-refractivity contribution in [3.05, 3.63) is 151 Å². The van der Waals surface area contributed by atoms with E-state index < -0.39 is 0 Å². The number of rotatable bonds is 3. The van der Waals surface area contributed by atoms with Crippen LogP contribution in [0.5, 0.6) is 0 Å². The molecule has 0 saturated carbocycles. The molecule has 1 aromatic heterocycles. The van der Waals surface area contributed by atoms with Crippen LogP contribution in [0, 0.1) is 0 Å². The second-order valence-corrected chi connectivity index (χ2v) is 10.2. The number of nitrogens with zero attached hydrogens (tertiary/aromatic N) is 2. The van der Waals surface area contributed by atoms with Crippen LogP contribution in [-0.2, 0) is 6.42 Å². The van der Waals surface area contributed by atoms with Gasteiger partial charge in [-0.2, -0.15) is 0 Å². The Morgan fingerprint density at radius 2 is 1.13 bits per heavy atom. The van der Waals surface area contributed by atoms with Crippen molar-refractivity contribution < 1.29 is 0 Å². The van der Waals surface area contributed by atoms with E-state index in [0.29, 0.717) is 0 Å². The molecule has 39 heavy (non-hydrogen) atoms. The zero-order valence-electron chi connectivity index (χ0n) is 22.0. The number of fused-ring (bicyclic) bond motifs is 4. The number of para-hydroxylation sites is 3. The molecule has 1 aliphatic heterocycles. The summed E-state index contributed by atoms with van der Waals surface area (Å²) >= 11 is 0. The van der Waals surface area contributed by atoms with Crippen molar-refractivity contribution in [1.82, 2.24) is 4.57 Å². The van der Waals surface area contributed by atoms with Crippen molar-refractivity contribution in [2.75, 3.05) is 4.90 Å². The second-order valence-electron chi connectivity index (χ2n) is 10.2. The summed E-state index contributed by atoms with van der Waals surface area (Å²) in [6, 6.07) is 44.2. The second kappa shape index (κ2) is 9.81. The lowest BCUT2D eigenvalue weighted by atomic mass is 10.0. The summed E-state index contributed by atoms with van der Waals surface area (Å²) in [5.74, 6) is 0. The molecule has 7 rings (SSSR count). The highest BCUT2D eigenvalue weighted by Crippen LogP contribution is 2.35. The van der Waals surface area contributed by atoms with Crippen molar-refractivity contribution in [2.45, 2.75) is 19.4 Å². The first kappa shape index (κ1) is 23.3. The van der Waals surface area contributed by atoms with Gasteiger partial charge < -0.3 is 9.47 Å². The maximum Gasteiger partial charge on any atom is 0.0541 e. The summed E-state index contributed by atoms with van der Waals surface area (Å²) in [4.78, 5) is 2.44. The van der Waals surface area contributed by atoms with E-state index in [1.807, 2.05) is 0 Å². The van der Waals surface area contributed by atoms with Gasteiger partial charge in [-0.15, -0.1) is 0 Å². The molecule has 0 spiro atoms. The van der Waals surface area contributed by atoms with Crippen LogP contribution in [0.3, 0.4) is 0 Å². The van der Waals surface area contributed by atoms with Gasteiger partial charge in [0.05, 0.1) is 11.0 Å². The fourth-order valence-electron chi connectivity index (χ4n) is 5.91. The van der Waals surface area contributed by atoms with Crippen LogP contribution in [0.15, 0.2) is 146 Å². The van der Waals surface area contributed by atoms with Gasteiger partial charge in [-0.05, 0) is 72.5 Å². The van der Waals surface area contributed by atoms with Gasteiger partial charge in [-0.1, -0.05) is 103 Å². The molecule has 5 aromatic carbocycles. The first-order chi connectivity index (χ1) is 19.3. The Hall–Kier alpha value is -4.82. The van der Waals surface area contributed by atoms with Gasteiger partial charge in [0.1, 0.15) is 0 Å². The highest BCUT2D eigenvalue weighted by molar-refractivity contribution is 6.09. The van der Waals surface area contributed by atoms with E-state index in [1.165, 1.54) is 55.6 Å². The molecule has 2 nitrogen and oxygen atoms in total. The number of aromatic nitrogens is 1. The molecule has 6 aromatic rings. The lowest BCUT2D eigenvalue weighted by molar-refractivity contribution is 0.860. The van der Waals surface area contributed by atoms with Crippen LogP contribution < -0.4 is 4.90 Å². The van der Waals surface area contributed by atoms with Gasteiger partial charge >= 0.3 is 0 Å². The standard InChI is InChI=1S/C37H30N2/c1-27-11-3-2-4-12-30-13-5-8-16-35(30)38(27)31-23-19-28(20-24-31)29-21-25-32(26-22-29)39-36-17-9-6-14-33(36)34-15-7-10-18-37(34)39/h2-11,13-27H,12H2,1H3/b4-2-,11-3-. The Labute approximate surface area is 229 Å². The van der Waals surface area contributed by atoms with Crippen molar-refractivity contribution in [3.63, 3.8) is 0 Å². The Balaban J connectivity index is 1.23. The van der Waals surface area contributed by atoms with Gasteiger partial charge in [0.15, 0.2) is 0 Å². The molecule has 0 amide bonds. The smallest absolute Gasteiger partial charge is 0.0541 e. The van der Waals surface area contributed by atoms with Gasteiger partial charge in [-0.3, -0.25) is 0 Å². The average Bonchev–Trinajstić information content (AvgIpc) is 3.36. The highest BCUT2D eigenvalue weighted by atomic mass is 15.2. The Bertz CT molecular complexity index is 1780. The molecule has 2 heterocycles. The van der Waals surface area contributed by atoms with Gasteiger partial charge in [0, 0.05) is 33.9 Å². The zero-order valence-corrected chi connectivity index (χ0v) is 22.0. The molecule has 0 bridgehead atoms. The minimum Gasteiger partial charge on any atom is -0.335 e. The lowest BCUT2D eigenvalue weighted by Crippen LogP contribution is -2.27. The fraction of sp³-hybridized carbons (Fsp3) is 0.0811. The number of hydrogen-bond donors (Lipinski definition) is 0. The van der Waals surface area contributed by atoms with E-state index in [-0.39, 0.29) is 6.04 Å². The van der Waals surface area contributed by atoms with Gasteiger partial charge in [0.2, 0.25) is 0 Å². The third kappa shape index (κ3) is 4.15. The highest BCUT2D eigenvalue weighted by Gasteiger charge is 2.18. The van der Waals surface area contributed by atoms with Crippen LogP contribution in [0.2, 0.25) is 0 Å². The molecule has 0 fully saturated rings. The predicted molar refractivity (Wildman–Crippen MR) is 166 cm³/mol. The zero-order chi connectivity index (χ0) is 26.2. The third-order valence-electron chi connectivity index (χ3n) is 7.82. The molecular formula is C37H30N2. The Morgan fingerprint density at radius 3 is 1.79 bits per heavy atom. The van der Waals surface area contributed by atoms with Crippen LogP contribution in [0.1, 0.15) is 12.5 Å². The molecule has 2 heteroatoms. The number of allylic oxidation sites excluding steroid dienone is 3. The van der Waals surface area contributed by atoms with Crippen molar-refractivity contribution in [1.29, 1.82) is 0 Å². The molecule has 0 saturated heterocycles. The van der Waals surface area contributed by atoms with E-state index in [9.17, 15) is 0 Å². The summed E-state index contributed by atoms with van der Waals surface area (Å²) in [7, 11) is 0. The van der Waals surface area contributed by atoms with E-state index in [4.69, 9.17) is 0 Å². The summed E-state index contributed by atoms with van der Waals surface area (Å²) in [6.45, 7) is 2.26. The van der Waals surface area contributed by atoms with Crippen molar-refractivity contribution in [3.8, 4) is 16.8 Å². The largest absolute Gasteiger partial charge is 0.335 e. The first-order valence-electron chi connectivity index (χ1n) is 13.7. The van der Waals surface area contributed by atoms with E-state index in [0.717, 1.165) is 6.42 Å². The van der Waals surface area contributed by atoms with Gasteiger partial charge in [-0.25, -0.2) is 0 Å². The van der Waals surface area contributed by atoms with Crippen molar-refractivity contribution >= 4 is 33.2 Å². The van der Waals surface area contributed by atoms with Crippen LogP contribution in [0.25, 0.3) is 38.6 Å². The SMILES string of the molecule is CC1/C=C\C=C/Cc2ccccc2N1c1ccc(-c2ccc(-n3c4ccccc4c4ccccc43)cc2)cc1. The molecule has 0 radical (unpaired) electrons. The van der Waals surface area contributed by atoms with E-state index >= 15 is 0 Å². The first-order valence-corrected chi connectivity index (χ1v) is 13.7. The molecular weight excluding hydrogens is 472 g/mol. The maximum absolute atomic E-state index is 2.44. The summed E-state index contributed by atoms with van der Waals surface area (Å²) < 4.78 is 2.36. The van der Waals surface area contributed by atoms with E-state index in [1.54, 1.807) is 0 Å². The number of benzene rings is 5. The van der Waals surface area contributed by atoms with Crippen LogP contribution in [0.4, 0.5) is 11.4 Å². The Morgan fingerprint density at radius 1 is 0.564 bits per heavy atom. The summed E-state index contributed by atoms with van der Waals surface area (Å²) in [5, 5.41) is 2.57. The van der Waals surface area contributed by atoms with Crippen LogP contribution in [-0.4, -0.2) is 10.6 Å². The third-order valence-corrected chi connectivity index (χ3v) is 7.82. The normalized spacial score (nSPS) is 16.8. The predicted octanol–water partition coefficient (Wildman–Crippen LogP) is 9.65. The quantitative estimate of drug-likeness (QED) is 0.234. The maximum atomic E-state index is 2.44. The molecule has 1 aliphatic rings. The summed E-state index contributed by atoms with van der Waals surface area (Å²) in [6.07, 6.45) is 9.75. The minimum absolute atomic E-state index is 0.241. The lowest BCUT2D eigenvalue weighted by Gasteiger charge is -2.31. The van der Waals surface area contributed by atoms with E-state index in [2.05, 4.69) is 162 Å². The topological polar surface area (TPSA) is 8.17 Å². The molecule has 188 valence electrons. The molecule has 0 aliphatic carbocycles. The number of hydrogen-bond acceptors (Lipinski definition) is 1. The average molecular weight is 503 g/mol. The Kier molecular flexibility index (Phi) is 5.86. The molecule has 0 N–H and O–H groups in total.